The maximum absolute atomic E-state index is 13.9. The molecule has 2 bridgehead atoms. The molecule has 7 heteroatoms. The molecule has 0 spiro atoms. The number of fused-ring (bicyclic) bond motifs is 2. The molecule has 1 aromatic heterocycles. The van der Waals surface area contributed by atoms with Crippen LogP contribution in [0.5, 0.6) is 5.75 Å². The predicted octanol–water partition coefficient (Wildman–Crippen LogP) is 5.44. The van der Waals surface area contributed by atoms with Crippen molar-refractivity contribution < 1.29 is 17.9 Å². The Morgan fingerprint density at radius 2 is 1.90 bits per heavy atom. The van der Waals surface area contributed by atoms with Crippen LogP contribution in [0.25, 0.3) is 11.3 Å². The molecule has 0 radical (unpaired) electrons. The SMILES string of the molecule is CC1CCC2CC(Oc3ccc(-c4ccc(=O)[nH]n4)cc3C(F)(F)F)(C1)CC2C. The molecule has 4 rings (SSSR count). The molecule has 0 aliphatic heterocycles. The van der Waals surface area contributed by atoms with Gasteiger partial charge in [-0.3, -0.25) is 4.79 Å². The third-order valence-corrected chi connectivity index (χ3v) is 6.47. The van der Waals surface area contributed by atoms with Gasteiger partial charge in [-0.05, 0) is 67.7 Å². The zero-order valence-electron chi connectivity index (χ0n) is 16.6. The number of benzene rings is 1. The zero-order valence-corrected chi connectivity index (χ0v) is 16.6. The van der Waals surface area contributed by atoms with E-state index in [4.69, 9.17) is 4.74 Å². The van der Waals surface area contributed by atoms with E-state index in [0.29, 0.717) is 17.8 Å². The number of aromatic nitrogens is 2. The van der Waals surface area contributed by atoms with Crippen LogP contribution in [-0.2, 0) is 6.18 Å². The van der Waals surface area contributed by atoms with Gasteiger partial charge in [0.25, 0.3) is 5.56 Å². The largest absolute Gasteiger partial charge is 0.487 e. The number of nitrogens with one attached hydrogen (secondary N) is 1. The molecule has 0 amide bonds. The Labute approximate surface area is 167 Å². The van der Waals surface area contributed by atoms with Gasteiger partial charge in [-0.1, -0.05) is 20.3 Å². The fourth-order valence-corrected chi connectivity index (χ4v) is 5.17. The summed E-state index contributed by atoms with van der Waals surface area (Å²) in [6, 6.07) is 6.67. The highest BCUT2D eigenvalue weighted by Crippen LogP contribution is 2.52. The molecule has 4 atom stereocenters. The summed E-state index contributed by atoms with van der Waals surface area (Å²) >= 11 is 0. The highest BCUT2D eigenvalue weighted by atomic mass is 19.4. The van der Waals surface area contributed by atoms with Crippen LogP contribution in [0.15, 0.2) is 35.1 Å². The Hall–Kier alpha value is -2.31. The lowest BCUT2D eigenvalue weighted by molar-refractivity contribution is -0.140. The van der Waals surface area contributed by atoms with Gasteiger partial charge < -0.3 is 4.74 Å². The number of hydrogen-bond acceptors (Lipinski definition) is 3. The molecule has 1 aromatic carbocycles. The molecule has 4 unspecified atom stereocenters. The first-order chi connectivity index (χ1) is 13.7. The second kappa shape index (κ2) is 7.18. The van der Waals surface area contributed by atoms with Crippen molar-refractivity contribution in [3.05, 3.63) is 46.2 Å². The molecule has 29 heavy (non-hydrogen) atoms. The van der Waals surface area contributed by atoms with E-state index >= 15 is 0 Å². The van der Waals surface area contributed by atoms with Crippen molar-refractivity contribution >= 4 is 0 Å². The Balaban J connectivity index is 1.71. The summed E-state index contributed by atoms with van der Waals surface area (Å²) in [7, 11) is 0. The quantitative estimate of drug-likeness (QED) is 0.739. The van der Waals surface area contributed by atoms with Crippen molar-refractivity contribution in [2.45, 2.75) is 57.7 Å². The lowest BCUT2D eigenvalue weighted by Crippen LogP contribution is -2.35. The van der Waals surface area contributed by atoms with E-state index in [9.17, 15) is 18.0 Å². The van der Waals surface area contributed by atoms with Crippen molar-refractivity contribution in [2.75, 3.05) is 0 Å². The molecule has 2 aliphatic rings. The number of aromatic amines is 1. The summed E-state index contributed by atoms with van der Waals surface area (Å²) < 4.78 is 47.9. The van der Waals surface area contributed by atoms with E-state index in [1.807, 2.05) is 0 Å². The molecule has 2 aromatic rings. The summed E-state index contributed by atoms with van der Waals surface area (Å²) in [6.45, 7) is 4.34. The van der Waals surface area contributed by atoms with E-state index in [2.05, 4.69) is 24.0 Å². The molecule has 0 saturated heterocycles. The number of alkyl halides is 3. The van der Waals surface area contributed by atoms with Gasteiger partial charge in [-0.15, -0.1) is 0 Å². The van der Waals surface area contributed by atoms with Crippen LogP contribution in [-0.4, -0.2) is 15.8 Å². The van der Waals surface area contributed by atoms with Crippen molar-refractivity contribution in [3.8, 4) is 17.0 Å². The van der Waals surface area contributed by atoms with E-state index in [-0.39, 0.29) is 17.0 Å². The van der Waals surface area contributed by atoms with Gasteiger partial charge in [-0.2, -0.15) is 18.3 Å². The minimum absolute atomic E-state index is 0.118. The van der Waals surface area contributed by atoms with Gasteiger partial charge in [0.15, 0.2) is 0 Å². The molecular formula is C22H25F3N2O2. The first-order valence-corrected chi connectivity index (χ1v) is 10.1. The maximum Gasteiger partial charge on any atom is 0.419 e. The number of rotatable bonds is 3. The molecule has 2 saturated carbocycles. The number of ether oxygens (including phenoxy) is 1. The van der Waals surface area contributed by atoms with Gasteiger partial charge in [0, 0.05) is 11.6 Å². The summed E-state index contributed by atoms with van der Waals surface area (Å²) in [6.07, 6.45) is 0.0690. The fourth-order valence-electron chi connectivity index (χ4n) is 5.17. The van der Waals surface area contributed by atoms with Gasteiger partial charge in [0.05, 0.1) is 11.3 Å². The minimum Gasteiger partial charge on any atom is -0.487 e. The van der Waals surface area contributed by atoms with Gasteiger partial charge >= 0.3 is 6.18 Å². The lowest BCUT2D eigenvalue weighted by atomic mass is 9.85. The highest BCUT2D eigenvalue weighted by Gasteiger charge is 2.49. The van der Waals surface area contributed by atoms with E-state index in [1.54, 1.807) is 6.07 Å². The number of nitrogens with zero attached hydrogens (tertiary/aromatic N) is 1. The predicted molar refractivity (Wildman–Crippen MR) is 104 cm³/mol. The number of hydrogen-bond donors (Lipinski definition) is 1. The molecular weight excluding hydrogens is 381 g/mol. The Morgan fingerprint density at radius 1 is 1.10 bits per heavy atom. The monoisotopic (exact) mass is 406 g/mol. The second-order valence-electron chi connectivity index (χ2n) is 8.83. The third kappa shape index (κ3) is 4.05. The first kappa shape index (κ1) is 20.0. The van der Waals surface area contributed by atoms with E-state index in [0.717, 1.165) is 38.2 Å². The van der Waals surface area contributed by atoms with Crippen molar-refractivity contribution in [1.29, 1.82) is 0 Å². The third-order valence-electron chi connectivity index (χ3n) is 6.47. The van der Waals surface area contributed by atoms with Crippen LogP contribution in [0.2, 0.25) is 0 Å². The van der Waals surface area contributed by atoms with Gasteiger partial charge in [-0.25, -0.2) is 5.10 Å². The van der Waals surface area contributed by atoms with Crippen LogP contribution in [0.4, 0.5) is 13.2 Å². The standard InChI is InChI=1S/C22H25F3N2O2/c1-13-3-4-16-12-21(10-13,11-14(16)2)29-19-7-5-15(9-17(19)22(23,24)25)18-6-8-20(28)27-26-18/h5-9,13-14,16H,3-4,10-12H2,1-2H3,(H,27,28). The second-order valence-corrected chi connectivity index (χ2v) is 8.83. The topological polar surface area (TPSA) is 55.0 Å². The average Bonchev–Trinajstić information content (AvgIpc) is 2.84. The molecule has 156 valence electrons. The maximum atomic E-state index is 13.9. The van der Waals surface area contributed by atoms with Gasteiger partial charge in [0.2, 0.25) is 0 Å². The minimum atomic E-state index is -4.55. The Kier molecular flexibility index (Phi) is 4.95. The Morgan fingerprint density at radius 3 is 2.59 bits per heavy atom. The van der Waals surface area contributed by atoms with Crippen molar-refractivity contribution in [3.63, 3.8) is 0 Å². The van der Waals surface area contributed by atoms with Crippen LogP contribution >= 0.6 is 0 Å². The number of H-pyrrole nitrogens is 1. The average molecular weight is 406 g/mol. The summed E-state index contributed by atoms with van der Waals surface area (Å²) in [5, 5.41) is 6.10. The molecule has 2 aliphatic carbocycles. The Bertz CT molecular complexity index is 931. The first-order valence-electron chi connectivity index (χ1n) is 10.1. The van der Waals surface area contributed by atoms with Crippen LogP contribution in [0, 0.1) is 17.8 Å². The van der Waals surface area contributed by atoms with E-state index in [1.165, 1.54) is 18.2 Å². The lowest BCUT2D eigenvalue weighted by Gasteiger charge is -2.33. The van der Waals surface area contributed by atoms with Crippen molar-refractivity contribution in [1.82, 2.24) is 10.2 Å². The van der Waals surface area contributed by atoms with Crippen molar-refractivity contribution in [2.24, 2.45) is 17.8 Å². The number of halogens is 3. The zero-order chi connectivity index (χ0) is 20.8. The molecule has 4 nitrogen and oxygen atoms in total. The summed E-state index contributed by atoms with van der Waals surface area (Å²) in [5.74, 6) is 1.29. The molecule has 1 heterocycles. The van der Waals surface area contributed by atoms with E-state index < -0.39 is 22.9 Å². The van der Waals surface area contributed by atoms with Crippen LogP contribution < -0.4 is 10.3 Å². The summed E-state index contributed by atoms with van der Waals surface area (Å²) in [4.78, 5) is 11.2. The molecule has 2 fully saturated rings. The van der Waals surface area contributed by atoms with Gasteiger partial charge in [0.1, 0.15) is 11.4 Å². The summed E-state index contributed by atoms with van der Waals surface area (Å²) in [5.41, 5.74) is -1.18. The van der Waals surface area contributed by atoms with Crippen LogP contribution in [0.3, 0.4) is 0 Å². The smallest absolute Gasteiger partial charge is 0.419 e. The normalized spacial score (nSPS) is 29.5. The molecule has 1 N–H and O–H groups in total. The van der Waals surface area contributed by atoms with Crippen LogP contribution in [0.1, 0.15) is 51.5 Å². The fraction of sp³-hybridized carbons (Fsp3) is 0.545. The highest BCUT2D eigenvalue weighted by molar-refractivity contribution is 5.62.